The third kappa shape index (κ3) is 6.88. The molecule has 1 aliphatic rings. The highest BCUT2D eigenvalue weighted by atomic mass is 16.7. The zero-order valence-electron chi connectivity index (χ0n) is 19.6. The first kappa shape index (κ1) is 25.9. The minimum Gasteiger partial charge on any atom is -0.426 e. The van der Waals surface area contributed by atoms with Gasteiger partial charge in [0.2, 0.25) is 5.60 Å². The molecule has 2 atom stereocenters. The molecule has 0 saturated heterocycles. The van der Waals surface area contributed by atoms with Gasteiger partial charge >= 0.3 is 7.12 Å². The second-order valence-electron chi connectivity index (χ2n) is 8.91. The number of pyridine rings is 1. The fraction of sp³-hybridized carbons (Fsp3) is 0.375. The van der Waals surface area contributed by atoms with Crippen LogP contribution in [0.4, 0.5) is 0 Å². The maximum absolute atomic E-state index is 13.4. The van der Waals surface area contributed by atoms with Crippen LogP contribution < -0.4 is 10.6 Å². The third-order valence-corrected chi connectivity index (χ3v) is 5.54. The van der Waals surface area contributed by atoms with E-state index in [0.717, 1.165) is 5.56 Å². The van der Waals surface area contributed by atoms with E-state index in [4.69, 9.17) is 10.1 Å². The normalized spacial score (nSPS) is 17.7. The summed E-state index contributed by atoms with van der Waals surface area (Å²) in [6.07, 6.45) is 0.654. The summed E-state index contributed by atoms with van der Waals surface area (Å²) in [6, 6.07) is 15.7. The van der Waals surface area contributed by atoms with Gasteiger partial charge in [0.05, 0.1) is 18.2 Å². The van der Waals surface area contributed by atoms with Crippen LogP contribution in [0, 0.1) is 17.2 Å². The van der Waals surface area contributed by atoms with Gasteiger partial charge in [0, 0.05) is 12.8 Å². The number of amides is 2. The number of benzene rings is 1. The molecule has 1 aromatic heterocycles. The summed E-state index contributed by atoms with van der Waals surface area (Å²) in [7, 11) is -1.73. The SMILES string of the molecule is CC(C)CC(NC(=O)C1(Cc2ccccc2)CC(CNC(=O)c2cccc(C#N)n2)=NO1)B(O)O. The van der Waals surface area contributed by atoms with Crippen molar-refractivity contribution in [3.63, 3.8) is 0 Å². The van der Waals surface area contributed by atoms with Gasteiger partial charge in [-0.3, -0.25) is 9.59 Å². The summed E-state index contributed by atoms with van der Waals surface area (Å²) in [6.45, 7) is 3.84. The molecule has 10 nitrogen and oxygen atoms in total. The van der Waals surface area contributed by atoms with Crippen molar-refractivity contribution in [2.45, 2.75) is 44.7 Å². The van der Waals surface area contributed by atoms with Crippen molar-refractivity contribution in [1.82, 2.24) is 15.6 Å². The molecule has 0 bridgehead atoms. The molecule has 3 rings (SSSR count). The standard InChI is InChI=1S/C24H28BN5O5/c1-16(2)11-21(25(33)34)29-23(32)24(12-17-7-4-3-5-8-17)13-19(30-35-24)15-27-22(31)20-10-6-9-18(14-26)28-20/h3-10,16,21,33-34H,11-13,15H2,1-2H3,(H,27,31)(H,29,32). The molecular weight excluding hydrogens is 449 g/mol. The lowest BCUT2D eigenvalue weighted by molar-refractivity contribution is -0.144. The number of hydrogen-bond donors (Lipinski definition) is 4. The van der Waals surface area contributed by atoms with E-state index in [1.54, 1.807) is 6.07 Å². The largest absolute Gasteiger partial charge is 0.475 e. The monoisotopic (exact) mass is 477 g/mol. The van der Waals surface area contributed by atoms with Gasteiger partial charge < -0.3 is 25.5 Å². The Morgan fingerprint density at radius 2 is 1.94 bits per heavy atom. The fourth-order valence-corrected chi connectivity index (χ4v) is 3.82. The van der Waals surface area contributed by atoms with Crippen LogP contribution in [0.5, 0.6) is 0 Å². The predicted octanol–water partition coefficient (Wildman–Crippen LogP) is 0.984. The van der Waals surface area contributed by atoms with E-state index >= 15 is 0 Å². The van der Waals surface area contributed by atoms with Crippen LogP contribution in [-0.2, 0) is 16.1 Å². The maximum Gasteiger partial charge on any atom is 0.475 e. The molecule has 35 heavy (non-hydrogen) atoms. The van der Waals surface area contributed by atoms with Gasteiger partial charge in [-0.2, -0.15) is 5.26 Å². The van der Waals surface area contributed by atoms with Crippen molar-refractivity contribution in [3.05, 3.63) is 65.5 Å². The first-order valence-electron chi connectivity index (χ1n) is 11.3. The van der Waals surface area contributed by atoms with Crippen molar-refractivity contribution < 1.29 is 24.5 Å². The second-order valence-corrected chi connectivity index (χ2v) is 8.91. The Morgan fingerprint density at radius 3 is 2.60 bits per heavy atom. The van der Waals surface area contributed by atoms with Gasteiger partial charge in [-0.25, -0.2) is 4.98 Å². The van der Waals surface area contributed by atoms with Crippen LogP contribution in [0.15, 0.2) is 53.7 Å². The first-order valence-corrected chi connectivity index (χ1v) is 11.3. The number of carbonyl (C=O) groups is 2. The molecule has 2 aromatic rings. The zero-order chi connectivity index (χ0) is 25.4. The van der Waals surface area contributed by atoms with Crippen molar-refractivity contribution in [2.24, 2.45) is 11.1 Å². The number of nitrogens with zero attached hydrogens (tertiary/aromatic N) is 3. The Morgan fingerprint density at radius 1 is 1.20 bits per heavy atom. The molecular formula is C24H28BN5O5. The van der Waals surface area contributed by atoms with E-state index in [1.807, 2.05) is 50.2 Å². The molecule has 2 unspecified atom stereocenters. The minimum atomic E-state index is -1.73. The Bertz CT molecular complexity index is 1120. The summed E-state index contributed by atoms with van der Waals surface area (Å²) in [4.78, 5) is 35.5. The van der Waals surface area contributed by atoms with Crippen molar-refractivity contribution in [3.8, 4) is 6.07 Å². The summed E-state index contributed by atoms with van der Waals surface area (Å²) >= 11 is 0. The molecule has 0 saturated carbocycles. The Kier molecular flexibility index (Phi) is 8.57. The zero-order valence-corrected chi connectivity index (χ0v) is 19.6. The highest BCUT2D eigenvalue weighted by molar-refractivity contribution is 6.43. The molecule has 0 aliphatic carbocycles. The molecule has 11 heteroatoms. The van der Waals surface area contributed by atoms with Gasteiger partial charge in [-0.05, 0) is 30.0 Å². The van der Waals surface area contributed by atoms with Gasteiger partial charge in [0.1, 0.15) is 17.5 Å². The van der Waals surface area contributed by atoms with Gasteiger partial charge in [0.15, 0.2) is 0 Å². The van der Waals surface area contributed by atoms with Gasteiger partial charge in [-0.15, -0.1) is 0 Å². The third-order valence-electron chi connectivity index (χ3n) is 5.54. The van der Waals surface area contributed by atoms with Crippen LogP contribution in [0.25, 0.3) is 0 Å². The smallest absolute Gasteiger partial charge is 0.426 e. The Hall–Kier alpha value is -3.75. The van der Waals surface area contributed by atoms with Crippen molar-refractivity contribution >= 4 is 24.6 Å². The summed E-state index contributed by atoms with van der Waals surface area (Å²) in [5, 5.41) is 38.0. The molecule has 2 heterocycles. The van der Waals surface area contributed by atoms with Crippen molar-refractivity contribution in [2.75, 3.05) is 6.54 Å². The molecule has 1 aliphatic heterocycles. The van der Waals surface area contributed by atoms with E-state index in [9.17, 15) is 19.6 Å². The maximum atomic E-state index is 13.4. The molecule has 0 fully saturated rings. The lowest BCUT2D eigenvalue weighted by Gasteiger charge is -2.29. The van der Waals surface area contributed by atoms with Crippen LogP contribution in [0.3, 0.4) is 0 Å². The molecule has 1 aromatic carbocycles. The quantitative estimate of drug-likeness (QED) is 0.372. The van der Waals surface area contributed by atoms with Gasteiger partial charge in [0.25, 0.3) is 11.8 Å². The second kappa shape index (κ2) is 11.6. The first-order chi connectivity index (χ1) is 16.7. The summed E-state index contributed by atoms with van der Waals surface area (Å²) in [5.74, 6) is -1.77. The number of rotatable bonds is 10. The molecule has 2 amide bonds. The number of oxime groups is 1. The van der Waals surface area contributed by atoms with E-state index in [-0.39, 0.29) is 36.7 Å². The number of carbonyl (C=O) groups excluding carboxylic acids is 2. The van der Waals surface area contributed by atoms with Crippen LogP contribution in [0.2, 0.25) is 0 Å². The average Bonchev–Trinajstić information content (AvgIpc) is 3.26. The molecule has 4 N–H and O–H groups in total. The Labute approximate surface area is 204 Å². The highest BCUT2D eigenvalue weighted by Crippen LogP contribution is 2.29. The number of nitrogens with one attached hydrogen (secondary N) is 2. The predicted molar refractivity (Wildman–Crippen MR) is 129 cm³/mol. The lowest BCUT2D eigenvalue weighted by atomic mass is 9.74. The molecule has 182 valence electrons. The van der Waals surface area contributed by atoms with E-state index in [1.165, 1.54) is 12.1 Å². The van der Waals surface area contributed by atoms with Crippen molar-refractivity contribution in [1.29, 1.82) is 5.26 Å². The highest BCUT2D eigenvalue weighted by Gasteiger charge is 2.48. The van der Waals surface area contributed by atoms with E-state index in [0.29, 0.717) is 12.1 Å². The minimum absolute atomic E-state index is 0.0131. The topological polar surface area (TPSA) is 157 Å². The lowest BCUT2D eigenvalue weighted by Crippen LogP contribution is -2.56. The van der Waals surface area contributed by atoms with Crippen LogP contribution >= 0.6 is 0 Å². The van der Waals surface area contributed by atoms with Crippen LogP contribution in [-0.4, -0.2) is 57.8 Å². The number of hydrogen-bond acceptors (Lipinski definition) is 8. The summed E-state index contributed by atoms with van der Waals surface area (Å²) < 4.78 is 0. The fourth-order valence-electron chi connectivity index (χ4n) is 3.82. The average molecular weight is 477 g/mol. The molecule has 0 radical (unpaired) electrons. The molecule has 0 spiro atoms. The summed E-state index contributed by atoms with van der Waals surface area (Å²) in [5.41, 5.74) is 0.0753. The van der Waals surface area contributed by atoms with E-state index in [2.05, 4.69) is 20.8 Å². The van der Waals surface area contributed by atoms with Crippen LogP contribution in [0.1, 0.15) is 48.4 Å². The Balaban J connectivity index is 1.73. The number of nitriles is 1. The van der Waals surface area contributed by atoms with E-state index < -0.39 is 30.5 Å². The number of aromatic nitrogens is 1. The van der Waals surface area contributed by atoms with Gasteiger partial charge in [-0.1, -0.05) is 55.4 Å².